The lowest BCUT2D eigenvalue weighted by molar-refractivity contribution is -0.161. The van der Waals surface area contributed by atoms with Gasteiger partial charge in [0.2, 0.25) is 0 Å². The molecule has 0 saturated carbocycles. The van der Waals surface area contributed by atoms with E-state index in [1.165, 1.54) is 212 Å². The summed E-state index contributed by atoms with van der Waals surface area (Å²) in [4.78, 5) is 72.9. The van der Waals surface area contributed by atoms with Crippen molar-refractivity contribution in [3.8, 4) is 0 Å². The van der Waals surface area contributed by atoms with E-state index in [0.717, 1.165) is 108 Å². The van der Waals surface area contributed by atoms with Gasteiger partial charge in [0.05, 0.1) is 26.4 Å². The highest BCUT2D eigenvalue weighted by molar-refractivity contribution is 7.47. The quantitative estimate of drug-likeness (QED) is 0.0222. The summed E-state index contributed by atoms with van der Waals surface area (Å²) in [6.07, 6.45) is 57.1. The summed E-state index contributed by atoms with van der Waals surface area (Å²) in [5.74, 6) is 1.00. The van der Waals surface area contributed by atoms with Crippen LogP contribution in [-0.4, -0.2) is 96.7 Å². The number of hydrogen-bond donors (Lipinski definition) is 3. The molecule has 19 heteroatoms. The van der Waals surface area contributed by atoms with Gasteiger partial charge in [0.1, 0.15) is 19.3 Å². The van der Waals surface area contributed by atoms with Gasteiger partial charge in [-0.3, -0.25) is 37.3 Å². The van der Waals surface area contributed by atoms with E-state index in [2.05, 4.69) is 55.4 Å². The van der Waals surface area contributed by atoms with E-state index in [1.54, 1.807) is 0 Å². The van der Waals surface area contributed by atoms with E-state index in [1.807, 2.05) is 0 Å². The zero-order valence-corrected chi connectivity index (χ0v) is 67.6. The van der Waals surface area contributed by atoms with Crippen molar-refractivity contribution in [2.75, 3.05) is 39.6 Å². The summed E-state index contributed by atoms with van der Waals surface area (Å²) in [6.45, 7) is 14.2. The second-order valence-corrected chi connectivity index (χ2v) is 33.5. The molecule has 0 saturated heterocycles. The van der Waals surface area contributed by atoms with Crippen LogP contribution in [0.3, 0.4) is 0 Å². The molecule has 0 heterocycles. The van der Waals surface area contributed by atoms with Crippen LogP contribution in [0.4, 0.5) is 0 Å². The first-order valence-corrected chi connectivity index (χ1v) is 44.8. The van der Waals surface area contributed by atoms with Crippen molar-refractivity contribution in [3.05, 3.63) is 0 Å². The molecule has 0 aromatic carbocycles. The lowest BCUT2D eigenvalue weighted by Gasteiger charge is -2.21. The van der Waals surface area contributed by atoms with Gasteiger partial charge >= 0.3 is 39.5 Å². The number of carbonyl (C=O) groups excluding carboxylic acids is 4. The highest BCUT2D eigenvalue weighted by Gasteiger charge is 2.30. The Labute approximate surface area is 613 Å². The summed E-state index contributed by atoms with van der Waals surface area (Å²) in [6, 6.07) is 0. The van der Waals surface area contributed by atoms with Crippen LogP contribution in [0.2, 0.25) is 0 Å². The molecule has 0 rings (SSSR count). The molecule has 0 fully saturated rings. The average Bonchev–Trinajstić information content (AvgIpc) is 0.932. The fourth-order valence-corrected chi connectivity index (χ4v) is 13.9. The van der Waals surface area contributed by atoms with Crippen LogP contribution in [-0.2, 0) is 65.4 Å². The third-order valence-electron chi connectivity index (χ3n) is 19.5. The maximum atomic E-state index is 13.1. The number of hydrogen-bond acceptors (Lipinski definition) is 15. The fraction of sp³-hybridized carbons (Fsp3) is 0.951. The number of phosphoric acid groups is 2. The number of aliphatic hydroxyl groups excluding tert-OH is 1. The van der Waals surface area contributed by atoms with E-state index >= 15 is 0 Å². The first-order valence-electron chi connectivity index (χ1n) is 41.8. The normalized spacial score (nSPS) is 14.6. The van der Waals surface area contributed by atoms with Gasteiger partial charge in [-0.1, -0.05) is 364 Å². The molecule has 594 valence electrons. The minimum atomic E-state index is -4.96. The van der Waals surface area contributed by atoms with Gasteiger partial charge < -0.3 is 33.8 Å². The van der Waals surface area contributed by atoms with Crippen LogP contribution in [0.15, 0.2) is 0 Å². The standard InChI is InChI=1S/C81H158O17P2/c1-9-73(7)59-51-43-35-27-23-19-15-13-11-12-14-16-22-26-30-38-47-55-63-80(85)97-76(68-92-79(84)62-54-46-39-31-33-41-49-57-71(3)4)69-95-99(87,88)93-65-75(82)66-94-100(89,90)96-70-77(98-81(86)64-56-48-40-32-34-42-50-58-72(5)6)67-91-78(83)61-53-45-37-29-25-21-18-17-20-24-28-36-44-52-60-74(8)10-2/h71-77,82H,9-70H2,1-8H3,(H,87,88)(H,89,90)/t73?,74?,75?,76-,77-/m1/s1. The molecule has 0 aromatic rings. The zero-order valence-electron chi connectivity index (χ0n) is 65.8. The molecule has 0 aliphatic heterocycles. The van der Waals surface area contributed by atoms with Crippen LogP contribution >= 0.6 is 15.6 Å². The van der Waals surface area contributed by atoms with Gasteiger partial charge in [0, 0.05) is 25.7 Å². The molecular weight excluding hydrogens is 1310 g/mol. The predicted molar refractivity (Wildman–Crippen MR) is 409 cm³/mol. The topological polar surface area (TPSA) is 237 Å². The highest BCUT2D eigenvalue weighted by atomic mass is 31.2. The molecular formula is C81H158O17P2. The Hall–Kier alpha value is -1.94. The van der Waals surface area contributed by atoms with Crippen molar-refractivity contribution in [2.24, 2.45) is 23.7 Å². The van der Waals surface area contributed by atoms with Gasteiger partial charge in [0.25, 0.3) is 0 Å². The highest BCUT2D eigenvalue weighted by Crippen LogP contribution is 2.45. The van der Waals surface area contributed by atoms with Crippen molar-refractivity contribution in [1.29, 1.82) is 0 Å². The first kappa shape index (κ1) is 98.1. The Kier molecular flexibility index (Phi) is 68.7. The van der Waals surface area contributed by atoms with E-state index in [0.29, 0.717) is 37.5 Å². The van der Waals surface area contributed by atoms with Crippen LogP contribution in [0.25, 0.3) is 0 Å². The second kappa shape index (κ2) is 70.1. The van der Waals surface area contributed by atoms with Crippen molar-refractivity contribution in [1.82, 2.24) is 0 Å². The molecule has 0 bridgehead atoms. The van der Waals surface area contributed by atoms with Crippen LogP contribution < -0.4 is 0 Å². The summed E-state index contributed by atoms with van der Waals surface area (Å²) in [5.41, 5.74) is 0. The molecule has 3 N–H and O–H groups in total. The third kappa shape index (κ3) is 71.7. The van der Waals surface area contributed by atoms with Crippen molar-refractivity contribution in [3.63, 3.8) is 0 Å². The number of aliphatic hydroxyl groups is 1. The van der Waals surface area contributed by atoms with Crippen molar-refractivity contribution >= 4 is 39.5 Å². The summed E-state index contributed by atoms with van der Waals surface area (Å²) in [7, 11) is -9.92. The summed E-state index contributed by atoms with van der Waals surface area (Å²) >= 11 is 0. The molecule has 0 aliphatic rings. The zero-order chi connectivity index (χ0) is 73.8. The number of ether oxygens (including phenoxy) is 4. The number of phosphoric ester groups is 2. The fourth-order valence-electron chi connectivity index (χ4n) is 12.4. The molecule has 5 unspecified atom stereocenters. The Morgan fingerprint density at radius 1 is 0.280 bits per heavy atom. The maximum Gasteiger partial charge on any atom is 0.472 e. The Bertz CT molecular complexity index is 1960. The monoisotopic (exact) mass is 1470 g/mol. The molecule has 0 spiro atoms. The third-order valence-corrected chi connectivity index (χ3v) is 21.4. The lowest BCUT2D eigenvalue weighted by Crippen LogP contribution is -2.30. The van der Waals surface area contributed by atoms with Crippen LogP contribution in [0.1, 0.15) is 415 Å². The smallest absolute Gasteiger partial charge is 0.462 e. The number of unbranched alkanes of at least 4 members (excludes halogenated alkanes) is 42. The molecule has 0 aromatic heterocycles. The minimum Gasteiger partial charge on any atom is -0.462 e. The predicted octanol–water partition coefficient (Wildman–Crippen LogP) is 24.0. The van der Waals surface area contributed by atoms with Crippen LogP contribution in [0.5, 0.6) is 0 Å². The lowest BCUT2D eigenvalue weighted by atomic mass is 9.99. The van der Waals surface area contributed by atoms with Crippen molar-refractivity contribution < 1.29 is 80.2 Å². The minimum absolute atomic E-state index is 0.103. The van der Waals surface area contributed by atoms with Gasteiger partial charge in [-0.25, -0.2) is 9.13 Å². The molecule has 17 nitrogen and oxygen atoms in total. The van der Waals surface area contributed by atoms with Gasteiger partial charge in [-0.15, -0.1) is 0 Å². The number of rotatable bonds is 78. The Balaban J connectivity index is 5.14. The number of carbonyl (C=O) groups is 4. The van der Waals surface area contributed by atoms with Gasteiger partial charge in [-0.05, 0) is 49.4 Å². The number of esters is 4. The molecule has 0 radical (unpaired) electrons. The first-order chi connectivity index (χ1) is 48.2. The van der Waals surface area contributed by atoms with E-state index in [4.69, 9.17) is 37.0 Å². The van der Waals surface area contributed by atoms with E-state index < -0.39 is 97.5 Å². The Morgan fingerprint density at radius 3 is 0.710 bits per heavy atom. The molecule has 0 aliphatic carbocycles. The molecule has 7 atom stereocenters. The SMILES string of the molecule is CCC(C)CCCCCCCCCCCCCCCCCCCCC(=O)O[C@H](COC(=O)CCCCCCCCCC(C)C)COP(=O)(O)OCC(O)COP(=O)(O)OC[C@@H](COC(=O)CCCCCCCCCCCCCCCCC(C)CC)OC(=O)CCCCCCCCCC(C)C. The van der Waals surface area contributed by atoms with E-state index in [9.17, 15) is 43.2 Å². The molecule has 100 heavy (non-hydrogen) atoms. The van der Waals surface area contributed by atoms with E-state index in [-0.39, 0.29) is 25.7 Å². The Morgan fingerprint density at radius 2 is 0.480 bits per heavy atom. The van der Waals surface area contributed by atoms with Crippen LogP contribution in [0, 0.1) is 23.7 Å². The summed E-state index contributed by atoms with van der Waals surface area (Å²) in [5, 5.41) is 10.6. The molecule has 0 amide bonds. The van der Waals surface area contributed by atoms with Gasteiger partial charge in [0.15, 0.2) is 12.2 Å². The summed E-state index contributed by atoms with van der Waals surface area (Å²) < 4.78 is 68.6. The van der Waals surface area contributed by atoms with Crippen molar-refractivity contribution in [2.45, 2.75) is 433 Å². The second-order valence-electron chi connectivity index (χ2n) is 30.6. The van der Waals surface area contributed by atoms with Gasteiger partial charge in [-0.2, -0.15) is 0 Å². The maximum absolute atomic E-state index is 13.1. The average molecular weight is 1470 g/mol. The largest absolute Gasteiger partial charge is 0.472 e.